The molecule has 0 saturated heterocycles. The molecular weight excluding hydrogens is 334 g/mol. The molecule has 1 fully saturated rings. The van der Waals surface area contributed by atoms with E-state index in [0.717, 1.165) is 42.3 Å². The molecule has 6 nitrogen and oxygen atoms in total. The summed E-state index contributed by atoms with van der Waals surface area (Å²) in [5.41, 5.74) is 1.84. The Bertz CT molecular complexity index is 738. The van der Waals surface area contributed by atoms with E-state index in [2.05, 4.69) is 22.1 Å². The van der Waals surface area contributed by atoms with Gasteiger partial charge in [-0.25, -0.2) is 4.98 Å². The Balaban J connectivity index is 1.91. The average molecular weight is 362 g/mol. The molecule has 0 N–H and O–H groups in total. The number of rotatable bonds is 6. The summed E-state index contributed by atoms with van der Waals surface area (Å²) in [5.74, 6) is 2.93. The molecule has 1 aliphatic rings. The van der Waals surface area contributed by atoms with Gasteiger partial charge >= 0.3 is 0 Å². The van der Waals surface area contributed by atoms with E-state index < -0.39 is 0 Å². The minimum absolute atomic E-state index is 0.00939. The van der Waals surface area contributed by atoms with Gasteiger partial charge in [0.1, 0.15) is 0 Å². The molecule has 136 valence electrons. The van der Waals surface area contributed by atoms with Gasteiger partial charge in [-0.2, -0.15) is 11.8 Å². The molecule has 2 aromatic rings. The molecule has 1 saturated carbocycles. The SMILES string of the molecule is CCSCCN(C(=O)c1nnc2nc(C)cc(C)n12)C1CCCCC1. The Kier molecular flexibility index (Phi) is 5.93. The topological polar surface area (TPSA) is 63.4 Å². The minimum atomic E-state index is -0.00939. The largest absolute Gasteiger partial charge is 0.332 e. The lowest BCUT2D eigenvalue weighted by Crippen LogP contribution is -2.43. The van der Waals surface area contributed by atoms with Crippen molar-refractivity contribution in [3.05, 3.63) is 23.3 Å². The zero-order chi connectivity index (χ0) is 17.8. The standard InChI is InChI=1S/C18H27N5OS/c1-4-25-11-10-22(15-8-6-5-7-9-15)17(24)16-20-21-18-19-13(2)12-14(3)23(16)18/h12,15H,4-11H2,1-3H3. The van der Waals surface area contributed by atoms with Crippen LogP contribution in [0.2, 0.25) is 0 Å². The Hall–Kier alpha value is -1.63. The molecule has 0 aromatic carbocycles. The Morgan fingerprint density at radius 1 is 1.28 bits per heavy atom. The number of fused-ring (bicyclic) bond motifs is 1. The van der Waals surface area contributed by atoms with Crippen molar-refractivity contribution in [2.24, 2.45) is 0 Å². The van der Waals surface area contributed by atoms with Crippen LogP contribution in [-0.4, -0.2) is 54.5 Å². The Morgan fingerprint density at radius 2 is 2.04 bits per heavy atom. The van der Waals surface area contributed by atoms with E-state index >= 15 is 0 Å². The van der Waals surface area contributed by atoms with Gasteiger partial charge in [-0.1, -0.05) is 26.2 Å². The van der Waals surface area contributed by atoms with Crippen LogP contribution in [-0.2, 0) is 0 Å². The van der Waals surface area contributed by atoms with Crippen molar-refractivity contribution in [2.75, 3.05) is 18.1 Å². The van der Waals surface area contributed by atoms with Gasteiger partial charge in [0.05, 0.1) is 0 Å². The molecule has 2 heterocycles. The van der Waals surface area contributed by atoms with Crippen LogP contribution in [0.4, 0.5) is 0 Å². The molecule has 3 rings (SSSR count). The Labute approximate surface area is 153 Å². The van der Waals surface area contributed by atoms with Gasteiger partial charge in [-0.05, 0) is 38.5 Å². The third-order valence-corrected chi connectivity index (χ3v) is 5.72. The van der Waals surface area contributed by atoms with Crippen LogP contribution < -0.4 is 0 Å². The van der Waals surface area contributed by atoms with Gasteiger partial charge < -0.3 is 4.90 Å². The molecule has 0 atom stereocenters. The van der Waals surface area contributed by atoms with Crippen molar-refractivity contribution in [2.45, 2.75) is 58.9 Å². The van der Waals surface area contributed by atoms with Crippen molar-refractivity contribution in [1.82, 2.24) is 24.5 Å². The number of amides is 1. The number of aromatic nitrogens is 4. The minimum Gasteiger partial charge on any atom is -0.332 e. The highest BCUT2D eigenvalue weighted by molar-refractivity contribution is 7.99. The number of aryl methyl sites for hydroxylation is 2. The molecule has 7 heteroatoms. The van der Waals surface area contributed by atoms with E-state index in [0.29, 0.717) is 17.6 Å². The normalized spacial score (nSPS) is 15.6. The monoisotopic (exact) mass is 361 g/mol. The summed E-state index contributed by atoms with van der Waals surface area (Å²) in [6, 6.07) is 2.29. The fourth-order valence-electron chi connectivity index (χ4n) is 3.65. The molecule has 2 aromatic heterocycles. The predicted octanol–water partition coefficient (Wildman–Crippen LogP) is 3.27. The highest BCUT2D eigenvalue weighted by Gasteiger charge is 2.29. The van der Waals surface area contributed by atoms with Crippen LogP contribution in [0.15, 0.2) is 6.07 Å². The lowest BCUT2D eigenvalue weighted by atomic mass is 9.94. The van der Waals surface area contributed by atoms with Gasteiger partial charge in [0, 0.05) is 29.7 Å². The molecular formula is C18H27N5OS. The van der Waals surface area contributed by atoms with Crippen LogP contribution in [0, 0.1) is 13.8 Å². The predicted molar refractivity (Wildman–Crippen MR) is 101 cm³/mol. The molecule has 0 radical (unpaired) electrons. The molecule has 0 bridgehead atoms. The van der Waals surface area contributed by atoms with Crippen molar-refractivity contribution in [1.29, 1.82) is 0 Å². The third kappa shape index (κ3) is 3.97. The summed E-state index contributed by atoms with van der Waals surface area (Å²) in [6.07, 6.45) is 5.87. The van der Waals surface area contributed by atoms with Gasteiger partial charge in [-0.15, -0.1) is 10.2 Å². The van der Waals surface area contributed by atoms with Crippen molar-refractivity contribution >= 4 is 23.4 Å². The summed E-state index contributed by atoms with van der Waals surface area (Å²) < 4.78 is 1.79. The smallest absolute Gasteiger partial charge is 0.292 e. The first-order valence-corrected chi connectivity index (χ1v) is 10.4. The number of thioether (sulfide) groups is 1. The summed E-state index contributed by atoms with van der Waals surface area (Å²) in [7, 11) is 0. The first kappa shape index (κ1) is 18.2. The maximum absolute atomic E-state index is 13.3. The first-order valence-electron chi connectivity index (χ1n) is 9.20. The van der Waals surface area contributed by atoms with Gasteiger partial charge in [0.25, 0.3) is 11.7 Å². The second-order valence-corrected chi connectivity index (χ2v) is 8.08. The van der Waals surface area contributed by atoms with E-state index in [1.54, 1.807) is 4.40 Å². The first-order chi connectivity index (χ1) is 12.1. The molecule has 0 aliphatic heterocycles. The fourth-order valence-corrected chi connectivity index (χ4v) is 4.26. The summed E-state index contributed by atoms with van der Waals surface area (Å²) in [4.78, 5) is 19.8. The summed E-state index contributed by atoms with van der Waals surface area (Å²) in [6.45, 7) is 6.83. The summed E-state index contributed by atoms with van der Waals surface area (Å²) >= 11 is 1.87. The average Bonchev–Trinajstić information content (AvgIpc) is 3.03. The maximum atomic E-state index is 13.3. The van der Waals surface area contributed by atoms with E-state index in [1.165, 1.54) is 19.3 Å². The van der Waals surface area contributed by atoms with Crippen molar-refractivity contribution in [3.63, 3.8) is 0 Å². The van der Waals surface area contributed by atoms with Crippen LogP contribution >= 0.6 is 11.8 Å². The molecule has 1 amide bonds. The van der Waals surface area contributed by atoms with Gasteiger partial charge in [-0.3, -0.25) is 9.20 Å². The number of carbonyl (C=O) groups is 1. The third-order valence-electron chi connectivity index (χ3n) is 4.84. The van der Waals surface area contributed by atoms with Gasteiger partial charge in [0.2, 0.25) is 5.82 Å². The van der Waals surface area contributed by atoms with Gasteiger partial charge in [0.15, 0.2) is 0 Å². The number of nitrogens with zero attached hydrogens (tertiary/aromatic N) is 5. The van der Waals surface area contributed by atoms with Crippen LogP contribution in [0.3, 0.4) is 0 Å². The second-order valence-electron chi connectivity index (χ2n) is 6.69. The quantitative estimate of drug-likeness (QED) is 0.739. The number of carbonyl (C=O) groups excluding carboxylic acids is 1. The molecule has 25 heavy (non-hydrogen) atoms. The maximum Gasteiger partial charge on any atom is 0.292 e. The number of hydrogen-bond acceptors (Lipinski definition) is 5. The van der Waals surface area contributed by atoms with E-state index in [-0.39, 0.29) is 5.91 Å². The molecule has 1 aliphatic carbocycles. The van der Waals surface area contributed by atoms with Crippen molar-refractivity contribution in [3.8, 4) is 0 Å². The van der Waals surface area contributed by atoms with E-state index in [1.807, 2.05) is 36.6 Å². The van der Waals surface area contributed by atoms with Crippen LogP contribution in [0.1, 0.15) is 61.0 Å². The second kappa shape index (κ2) is 8.17. The molecule has 0 spiro atoms. The summed E-state index contributed by atoms with van der Waals surface area (Å²) in [5, 5.41) is 8.33. The zero-order valence-corrected chi connectivity index (χ0v) is 16.2. The Morgan fingerprint density at radius 3 is 2.76 bits per heavy atom. The number of hydrogen-bond donors (Lipinski definition) is 0. The van der Waals surface area contributed by atoms with Crippen LogP contribution in [0.25, 0.3) is 5.78 Å². The molecule has 0 unspecified atom stereocenters. The van der Waals surface area contributed by atoms with E-state index in [9.17, 15) is 4.79 Å². The highest BCUT2D eigenvalue weighted by Crippen LogP contribution is 2.24. The van der Waals surface area contributed by atoms with Crippen LogP contribution in [0.5, 0.6) is 0 Å². The van der Waals surface area contributed by atoms with Crippen molar-refractivity contribution < 1.29 is 4.79 Å². The van der Waals surface area contributed by atoms with E-state index in [4.69, 9.17) is 0 Å². The highest BCUT2D eigenvalue weighted by atomic mass is 32.2. The fraction of sp³-hybridized carbons (Fsp3) is 0.667. The lowest BCUT2D eigenvalue weighted by Gasteiger charge is -2.34. The zero-order valence-electron chi connectivity index (χ0n) is 15.4. The lowest BCUT2D eigenvalue weighted by molar-refractivity contribution is 0.0636.